The Labute approximate surface area is 239 Å². The van der Waals surface area contributed by atoms with Crippen molar-refractivity contribution in [3.05, 3.63) is 129 Å². The first-order valence-electron chi connectivity index (χ1n) is 12.9. The number of hydrogen-bond donors (Lipinski definition) is 0. The third kappa shape index (κ3) is 3.90. The van der Waals surface area contributed by atoms with Crippen molar-refractivity contribution >= 4 is 52.4 Å². The standard InChI is InChI=1S/C33H20N2O7/c1-17(36)21-7-3-5-9-27(21)34-30(39)23-13-11-19(15-25(23)32(34)41)29(38)20-12-14-24-26(16-20)33(42)35(31(24)40)28-10-6-4-8-22(28)18(2)37/h3-16H,1-2H3. The van der Waals surface area contributed by atoms with E-state index in [0.717, 1.165) is 9.80 Å². The topological polar surface area (TPSA) is 126 Å². The molecular weight excluding hydrogens is 536 g/mol. The normalized spacial score (nSPS) is 13.9. The van der Waals surface area contributed by atoms with Crippen LogP contribution in [0.1, 0.15) is 91.9 Å². The molecule has 0 N–H and O–H groups in total. The van der Waals surface area contributed by atoms with Gasteiger partial charge in [0.2, 0.25) is 0 Å². The maximum Gasteiger partial charge on any atom is 0.266 e. The second kappa shape index (κ2) is 9.67. The van der Waals surface area contributed by atoms with Gasteiger partial charge in [-0.15, -0.1) is 0 Å². The van der Waals surface area contributed by atoms with E-state index in [1.807, 2.05) is 0 Å². The lowest BCUT2D eigenvalue weighted by atomic mass is 9.96. The second-order valence-corrected chi connectivity index (χ2v) is 9.89. The van der Waals surface area contributed by atoms with E-state index in [4.69, 9.17) is 0 Å². The SMILES string of the molecule is CC(=O)c1ccccc1N1C(=O)c2ccc(C(=O)c3ccc4c(c3)C(=O)N(c3ccccc3C(C)=O)C4=O)cc2C1=O. The Balaban J connectivity index is 1.33. The third-order valence-electron chi connectivity index (χ3n) is 7.35. The van der Waals surface area contributed by atoms with Gasteiger partial charge in [-0.3, -0.25) is 33.6 Å². The third-order valence-corrected chi connectivity index (χ3v) is 7.35. The van der Waals surface area contributed by atoms with E-state index in [9.17, 15) is 33.6 Å². The highest BCUT2D eigenvalue weighted by atomic mass is 16.2. The highest BCUT2D eigenvalue weighted by molar-refractivity contribution is 6.37. The number of nitrogens with zero attached hydrogens (tertiary/aromatic N) is 2. The van der Waals surface area contributed by atoms with Crippen LogP contribution in [0, 0.1) is 0 Å². The average molecular weight is 557 g/mol. The molecule has 0 unspecified atom stereocenters. The Morgan fingerprint density at radius 1 is 0.476 bits per heavy atom. The molecular formula is C33H20N2O7. The summed E-state index contributed by atoms with van der Waals surface area (Å²) in [5.74, 6) is -3.74. The molecule has 9 nitrogen and oxygen atoms in total. The van der Waals surface area contributed by atoms with Crippen molar-refractivity contribution in [1.29, 1.82) is 0 Å². The van der Waals surface area contributed by atoms with Gasteiger partial charge < -0.3 is 0 Å². The number of amides is 4. The first-order chi connectivity index (χ1) is 20.1. The smallest absolute Gasteiger partial charge is 0.266 e. The molecule has 0 spiro atoms. The number of anilines is 2. The molecule has 0 bridgehead atoms. The zero-order chi connectivity index (χ0) is 29.9. The van der Waals surface area contributed by atoms with E-state index in [-0.39, 0.29) is 67.4 Å². The summed E-state index contributed by atoms with van der Waals surface area (Å²) in [5, 5.41) is 0. The van der Waals surface area contributed by atoms with Gasteiger partial charge in [0.05, 0.1) is 33.6 Å². The zero-order valence-electron chi connectivity index (χ0n) is 22.3. The monoisotopic (exact) mass is 556 g/mol. The Morgan fingerprint density at radius 3 is 1.21 bits per heavy atom. The predicted molar refractivity (Wildman–Crippen MR) is 151 cm³/mol. The van der Waals surface area contributed by atoms with Crippen molar-refractivity contribution < 1.29 is 33.6 Å². The van der Waals surface area contributed by atoms with Crippen molar-refractivity contribution in [2.75, 3.05) is 9.80 Å². The van der Waals surface area contributed by atoms with Crippen molar-refractivity contribution in [3.8, 4) is 0 Å². The molecule has 2 heterocycles. The molecule has 6 rings (SSSR count). The van der Waals surface area contributed by atoms with Crippen LogP contribution in [0.5, 0.6) is 0 Å². The highest BCUT2D eigenvalue weighted by Gasteiger charge is 2.40. The lowest BCUT2D eigenvalue weighted by Crippen LogP contribution is -2.30. The second-order valence-electron chi connectivity index (χ2n) is 9.89. The molecule has 4 aromatic carbocycles. The fraction of sp³-hybridized carbons (Fsp3) is 0.0606. The van der Waals surface area contributed by atoms with Gasteiger partial charge in [-0.25, -0.2) is 9.80 Å². The Morgan fingerprint density at radius 2 is 0.833 bits per heavy atom. The molecule has 204 valence electrons. The number of rotatable bonds is 6. The van der Waals surface area contributed by atoms with Crippen LogP contribution < -0.4 is 9.80 Å². The Hall–Kier alpha value is -5.83. The number of carbonyl (C=O) groups is 7. The number of para-hydroxylation sites is 2. The van der Waals surface area contributed by atoms with Gasteiger partial charge >= 0.3 is 0 Å². The number of carbonyl (C=O) groups excluding carboxylic acids is 7. The maximum atomic E-state index is 13.5. The average Bonchev–Trinajstić information content (AvgIpc) is 3.39. The largest absolute Gasteiger partial charge is 0.294 e. The van der Waals surface area contributed by atoms with Gasteiger partial charge in [0.15, 0.2) is 17.3 Å². The van der Waals surface area contributed by atoms with Gasteiger partial charge in [-0.1, -0.05) is 36.4 Å². The lowest BCUT2D eigenvalue weighted by molar-refractivity contribution is 0.0908. The van der Waals surface area contributed by atoms with E-state index >= 15 is 0 Å². The summed E-state index contributed by atoms with van der Waals surface area (Å²) in [6, 6.07) is 20.7. The van der Waals surface area contributed by atoms with Crippen molar-refractivity contribution in [3.63, 3.8) is 0 Å². The molecule has 4 aromatic rings. The van der Waals surface area contributed by atoms with E-state index < -0.39 is 29.4 Å². The molecule has 0 aromatic heterocycles. The Bertz CT molecular complexity index is 1820. The van der Waals surface area contributed by atoms with Gasteiger partial charge in [0.1, 0.15) is 0 Å². The summed E-state index contributed by atoms with van der Waals surface area (Å²) in [6.07, 6.45) is 0. The number of benzene rings is 4. The number of ketones is 3. The molecule has 2 aliphatic heterocycles. The molecule has 0 fully saturated rings. The molecule has 0 atom stereocenters. The van der Waals surface area contributed by atoms with E-state index in [2.05, 4.69) is 0 Å². The summed E-state index contributed by atoms with van der Waals surface area (Å²) in [5.41, 5.74) is 1.09. The molecule has 2 aliphatic rings. The summed E-state index contributed by atoms with van der Waals surface area (Å²) >= 11 is 0. The molecule has 0 saturated carbocycles. The fourth-order valence-corrected chi connectivity index (χ4v) is 5.30. The molecule has 4 amide bonds. The quantitative estimate of drug-likeness (QED) is 0.244. The lowest BCUT2D eigenvalue weighted by Gasteiger charge is -2.16. The number of hydrogen-bond acceptors (Lipinski definition) is 7. The van der Waals surface area contributed by atoms with Crippen LogP contribution in [0.3, 0.4) is 0 Å². The van der Waals surface area contributed by atoms with Crippen molar-refractivity contribution in [2.45, 2.75) is 13.8 Å². The van der Waals surface area contributed by atoms with Crippen LogP contribution >= 0.6 is 0 Å². The molecule has 9 heteroatoms. The van der Waals surface area contributed by atoms with Crippen LogP contribution in [0.25, 0.3) is 0 Å². The van der Waals surface area contributed by atoms with Gasteiger partial charge in [-0.05, 0) is 62.4 Å². The first-order valence-corrected chi connectivity index (χ1v) is 12.9. The van der Waals surface area contributed by atoms with Crippen LogP contribution in [-0.4, -0.2) is 41.0 Å². The zero-order valence-corrected chi connectivity index (χ0v) is 22.3. The summed E-state index contributed by atoms with van der Waals surface area (Å²) in [7, 11) is 0. The number of imide groups is 2. The summed E-state index contributed by atoms with van der Waals surface area (Å²) in [4.78, 5) is 92.6. The van der Waals surface area contributed by atoms with Crippen LogP contribution in [0.4, 0.5) is 11.4 Å². The van der Waals surface area contributed by atoms with Gasteiger partial charge in [0.25, 0.3) is 23.6 Å². The van der Waals surface area contributed by atoms with Crippen LogP contribution in [0.2, 0.25) is 0 Å². The van der Waals surface area contributed by atoms with Gasteiger partial charge in [0, 0.05) is 22.3 Å². The number of Topliss-reactive ketones (excluding diaryl/α,β-unsaturated/α-hetero) is 2. The molecule has 0 saturated heterocycles. The van der Waals surface area contributed by atoms with E-state index in [1.54, 1.807) is 24.3 Å². The van der Waals surface area contributed by atoms with Gasteiger partial charge in [-0.2, -0.15) is 0 Å². The van der Waals surface area contributed by atoms with Crippen LogP contribution in [0.15, 0.2) is 84.9 Å². The van der Waals surface area contributed by atoms with Crippen LogP contribution in [-0.2, 0) is 0 Å². The fourth-order valence-electron chi connectivity index (χ4n) is 5.30. The minimum atomic E-state index is -0.673. The number of fused-ring (bicyclic) bond motifs is 2. The van der Waals surface area contributed by atoms with Crippen molar-refractivity contribution in [1.82, 2.24) is 0 Å². The molecule has 0 aliphatic carbocycles. The van der Waals surface area contributed by atoms with Crippen molar-refractivity contribution in [2.24, 2.45) is 0 Å². The Kier molecular flexibility index (Phi) is 6.08. The van der Waals surface area contributed by atoms with E-state index in [1.165, 1.54) is 74.5 Å². The maximum absolute atomic E-state index is 13.5. The minimum absolute atomic E-state index is 0.00337. The predicted octanol–water partition coefficient (Wildman–Crippen LogP) is 4.92. The molecule has 42 heavy (non-hydrogen) atoms. The summed E-state index contributed by atoms with van der Waals surface area (Å²) in [6.45, 7) is 2.67. The summed E-state index contributed by atoms with van der Waals surface area (Å²) < 4.78 is 0. The minimum Gasteiger partial charge on any atom is -0.294 e. The first kappa shape index (κ1) is 26.4. The molecule has 0 radical (unpaired) electrons. The highest BCUT2D eigenvalue weighted by Crippen LogP contribution is 2.34. The van der Waals surface area contributed by atoms with E-state index in [0.29, 0.717) is 0 Å².